The van der Waals surface area contributed by atoms with Crippen molar-refractivity contribution in [2.24, 2.45) is 0 Å². The van der Waals surface area contributed by atoms with Gasteiger partial charge in [-0.1, -0.05) is 6.07 Å². The number of carbonyl (C=O) groups is 1. The minimum atomic E-state index is -4.22. The first-order valence-corrected chi connectivity index (χ1v) is 10.9. The van der Waals surface area contributed by atoms with Crippen molar-refractivity contribution in [2.45, 2.75) is 31.2 Å². The van der Waals surface area contributed by atoms with Crippen molar-refractivity contribution in [3.63, 3.8) is 0 Å². The molecule has 0 bridgehead atoms. The summed E-state index contributed by atoms with van der Waals surface area (Å²) in [5.41, 5.74) is 1.00. The Labute approximate surface area is 179 Å². The lowest BCUT2D eigenvalue weighted by Crippen LogP contribution is -2.35. The van der Waals surface area contributed by atoms with Crippen LogP contribution in [0.5, 0.6) is 0 Å². The van der Waals surface area contributed by atoms with E-state index in [1.807, 2.05) is 0 Å². The standard InChI is InChI=1S/C22H21F2N3O3S/c1-14-12-17(6-7-19(14)23)26-22(28)18-4-3-5-20(21(18)24)31(29,30)27-15(2)13-16-8-10-25-11-9-16/h3-12,15,27H,13H2,1-2H3,(H,26,28). The molecule has 1 unspecified atom stereocenters. The van der Waals surface area contributed by atoms with Gasteiger partial charge in [0.2, 0.25) is 10.0 Å². The van der Waals surface area contributed by atoms with Gasteiger partial charge in [-0.05, 0) is 73.9 Å². The Morgan fingerprint density at radius 2 is 1.81 bits per heavy atom. The monoisotopic (exact) mass is 445 g/mol. The molecule has 3 rings (SSSR count). The van der Waals surface area contributed by atoms with Gasteiger partial charge in [0.05, 0.1) is 5.56 Å². The second kappa shape index (κ2) is 9.32. The lowest BCUT2D eigenvalue weighted by molar-refractivity contribution is 0.102. The predicted molar refractivity (Wildman–Crippen MR) is 113 cm³/mol. The van der Waals surface area contributed by atoms with Crippen LogP contribution in [0.15, 0.2) is 65.8 Å². The highest BCUT2D eigenvalue weighted by Crippen LogP contribution is 2.21. The van der Waals surface area contributed by atoms with Gasteiger partial charge in [0.1, 0.15) is 10.7 Å². The van der Waals surface area contributed by atoms with Crippen molar-refractivity contribution in [1.29, 1.82) is 0 Å². The summed E-state index contributed by atoms with van der Waals surface area (Å²) in [6.07, 6.45) is 3.58. The molecule has 3 aromatic rings. The lowest BCUT2D eigenvalue weighted by Gasteiger charge is -2.15. The number of sulfonamides is 1. The highest BCUT2D eigenvalue weighted by atomic mass is 32.2. The molecule has 1 amide bonds. The van der Waals surface area contributed by atoms with E-state index in [4.69, 9.17) is 0 Å². The first kappa shape index (κ1) is 22.5. The molecule has 0 fully saturated rings. The second-order valence-corrected chi connectivity index (χ2v) is 8.80. The molecule has 9 heteroatoms. The molecule has 1 heterocycles. The number of hydrogen-bond acceptors (Lipinski definition) is 4. The maximum absolute atomic E-state index is 15.0. The van der Waals surface area contributed by atoms with Gasteiger partial charge in [0.25, 0.3) is 5.91 Å². The van der Waals surface area contributed by atoms with E-state index < -0.39 is 44.1 Å². The van der Waals surface area contributed by atoms with Crippen molar-refractivity contribution >= 4 is 21.6 Å². The summed E-state index contributed by atoms with van der Waals surface area (Å²) in [6, 6.07) is 10.5. The molecule has 0 aliphatic heterocycles. The number of benzene rings is 2. The summed E-state index contributed by atoms with van der Waals surface area (Å²) in [6.45, 7) is 3.18. The highest BCUT2D eigenvalue weighted by Gasteiger charge is 2.25. The third kappa shape index (κ3) is 5.50. The number of anilines is 1. The summed E-state index contributed by atoms with van der Waals surface area (Å²) in [5, 5.41) is 2.45. The summed E-state index contributed by atoms with van der Waals surface area (Å²) in [7, 11) is -4.22. The normalized spacial score (nSPS) is 12.4. The van der Waals surface area contributed by atoms with E-state index in [9.17, 15) is 22.0 Å². The third-order valence-corrected chi connectivity index (χ3v) is 6.17. The number of amides is 1. The molecule has 2 N–H and O–H groups in total. The van der Waals surface area contributed by atoms with Crippen LogP contribution in [-0.4, -0.2) is 25.4 Å². The predicted octanol–water partition coefficient (Wildman–Crippen LogP) is 3.83. The molecule has 0 aliphatic rings. The van der Waals surface area contributed by atoms with E-state index in [0.717, 1.165) is 11.6 Å². The van der Waals surface area contributed by atoms with Gasteiger partial charge in [0.15, 0.2) is 5.82 Å². The third-order valence-electron chi connectivity index (χ3n) is 4.56. The molecule has 31 heavy (non-hydrogen) atoms. The lowest BCUT2D eigenvalue weighted by atomic mass is 10.1. The van der Waals surface area contributed by atoms with Gasteiger partial charge in [-0.2, -0.15) is 0 Å². The van der Waals surface area contributed by atoms with Crippen LogP contribution >= 0.6 is 0 Å². The fourth-order valence-corrected chi connectivity index (χ4v) is 4.40. The van der Waals surface area contributed by atoms with E-state index in [-0.39, 0.29) is 5.69 Å². The van der Waals surface area contributed by atoms with Gasteiger partial charge >= 0.3 is 0 Å². The Bertz CT molecular complexity index is 1200. The maximum atomic E-state index is 15.0. The fraction of sp³-hybridized carbons (Fsp3) is 0.182. The van der Waals surface area contributed by atoms with Crippen LogP contribution in [0.1, 0.15) is 28.4 Å². The Balaban J connectivity index is 1.79. The van der Waals surface area contributed by atoms with Crippen LogP contribution < -0.4 is 10.0 Å². The minimum Gasteiger partial charge on any atom is -0.322 e. The molecular formula is C22H21F2N3O3S. The quantitative estimate of drug-likeness (QED) is 0.579. The van der Waals surface area contributed by atoms with E-state index in [1.165, 1.54) is 37.3 Å². The zero-order valence-electron chi connectivity index (χ0n) is 16.9. The van der Waals surface area contributed by atoms with Crippen molar-refractivity contribution in [2.75, 3.05) is 5.32 Å². The first-order chi connectivity index (χ1) is 14.7. The van der Waals surface area contributed by atoms with Gasteiger partial charge in [-0.15, -0.1) is 0 Å². The van der Waals surface area contributed by atoms with Crippen LogP contribution in [0.3, 0.4) is 0 Å². The van der Waals surface area contributed by atoms with Crippen LogP contribution in [-0.2, 0) is 16.4 Å². The smallest absolute Gasteiger partial charge is 0.258 e. The Morgan fingerprint density at radius 1 is 1.10 bits per heavy atom. The van der Waals surface area contributed by atoms with Crippen molar-refractivity contribution in [3.8, 4) is 0 Å². The second-order valence-electron chi connectivity index (χ2n) is 7.12. The molecule has 0 aliphatic carbocycles. The van der Waals surface area contributed by atoms with E-state index in [2.05, 4.69) is 15.0 Å². The van der Waals surface area contributed by atoms with Gasteiger partial charge in [-0.25, -0.2) is 21.9 Å². The molecule has 0 saturated carbocycles. The summed E-state index contributed by atoms with van der Waals surface area (Å²) in [5.74, 6) is -2.45. The molecule has 6 nitrogen and oxygen atoms in total. The van der Waals surface area contributed by atoms with Crippen LogP contribution in [0.25, 0.3) is 0 Å². The maximum Gasteiger partial charge on any atom is 0.258 e. The number of hydrogen-bond donors (Lipinski definition) is 2. The Hall–Kier alpha value is -3.17. The number of halogens is 2. The Morgan fingerprint density at radius 3 is 2.48 bits per heavy atom. The SMILES string of the molecule is Cc1cc(NC(=O)c2cccc(S(=O)(=O)NC(C)Cc3ccncc3)c2F)ccc1F. The minimum absolute atomic E-state index is 0.264. The van der Waals surface area contributed by atoms with Gasteiger partial charge in [-0.3, -0.25) is 9.78 Å². The van der Waals surface area contributed by atoms with Crippen molar-refractivity contribution < 1.29 is 22.0 Å². The van der Waals surface area contributed by atoms with Crippen LogP contribution in [0.4, 0.5) is 14.5 Å². The average Bonchev–Trinajstić information content (AvgIpc) is 2.71. The number of aromatic nitrogens is 1. The summed E-state index contributed by atoms with van der Waals surface area (Å²) in [4.78, 5) is 15.8. The molecule has 0 radical (unpaired) electrons. The van der Waals surface area contributed by atoms with Crippen molar-refractivity contribution in [1.82, 2.24) is 9.71 Å². The van der Waals surface area contributed by atoms with E-state index in [1.54, 1.807) is 31.5 Å². The molecule has 1 atom stereocenters. The summed E-state index contributed by atoms with van der Waals surface area (Å²) >= 11 is 0. The number of rotatable bonds is 7. The number of carbonyl (C=O) groups excluding carboxylic acids is 1. The highest BCUT2D eigenvalue weighted by molar-refractivity contribution is 7.89. The molecular weight excluding hydrogens is 424 g/mol. The molecule has 0 saturated heterocycles. The molecule has 1 aromatic heterocycles. The van der Waals surface area contributed by atoms with Gasteiger partial charge < -0.3 is 5.32 Å². The molecule has 2 aromatic carbocycles. The van der Waals surface area contributed by atoms with E-state index >= 15 is 0 Å². The number of pyridine rings is 1. The van der Waals surface area contributed by atoms with Crippen LogP contribution in [0.2, 0.25) is 0 Å². The van der Waals surface area contributed by atoms with Gasteiger partial charge in [0, 0.05) is 24.1 Å². The van der Waals surface area contributed by atoms with Crippen molar-refractivity contribution in [3.05, 3.63) is 89.2 Å². The number of nitrogens with zero attached hydrogens (tertiary/aromatic N) is 1. The number of nitrogens with one attached hydrogen (secondary N) is 2. The number of aryl methyl sites for hydroxylation is 1. The van der Waals surface area contributed by atoms with E-state index in [0.29, 0.717) is 12.0 Å². The fourth-order valence-electron chi connectivity index (χ4n) is 3.06. The average molecular weight is 445 g/mol. The topological polar surface area (TPSA) is 88.2 Å². The summed E-state index contributed by atoms with van der Waals surface area (Å²) < 4.78 is 56.3. The zero-order chi connectivity index (χ0) is 22.6. The first-order valence-electron chi connectivity index (χ1n) is 9.44. The largest absolute Gasteiger partial charge is 0.322 e. The molecule has 0 spiro atoms. The zero-order valence-corrected chi connectivity index (χ0v) is 17.7. The van der Waals surface area contributed by atoms with Crippen LogP contribution in [0, 0.1) is 18.6 Å². The molecule has 162 valence electrons. The Kier molecular flexibility index (Phi) is 6.77.